The number of anilines is 1. The van der Waals surface area contributed by atoms with E-state index in [4.69, 9.17) is 4.74 Å². The van der Waals surface area contributed by atoms with Gasteiger partial charge >= 0.3 is 6.09 Å². The number of likely N-dealkylation sites (tertiary alicyclic amines) is 1. The monoisotopic (exact) mass is 352 g/mol. The van der Waals surface area contributed by atoms with Gasteiger partial charge in [0, 0.05) is 18.2 Å². The number of nitrogens with zero attached hydrogens (tertiary/aromatic N) is 1. The van der Waals surface area contributed by atoms with Crippen LogP contribution >= 0.6 is 0 Å². The lowest BCUT2D eigenvalue weighted by Crippen LogP contribution is -2.36. The molecule has 1 aliphatic heterocycles. The summed E-state index contributed by atoms with van der Waals surface area (Å²) in [6, 6.07) is 18.2. The fourth-order valence-electron chi connectivity index (χ4n) is 3.57. The molecule has 2 aromatic carbocycles. The van der Waals surface area contributed by atoms with Gasteiger partial charge in [0.2, 0.25) is 0 Å². The van der Waals surface area contributed by atoms with Gasteiger partial charge < -0.3 is 4.74 Å². The Morgan fingerprint density at radius 3 is 2.65 bits per heavy atom. The van der Waals surface area contributed by atoms with E-state index in [0.29, 0.717) is 18.6 Å². The fraction of sp³-hybridized carbons (Fsp3) is 0.409. The average molecular weight is 352 g/mol. The van der Waals surface area contributed by atoms with E-state index in [9.17, 15) is 4.79 Å². The molecule has 3 rings (SSSR count). The smallest absolute Gasteiger partial charge is 0.411 e. The van der Waals surface area contributed by atoms with E-state index in [1.807, 2.05) is 54.6 Å². The molecule has 4 nitrogen and oxygen atoms in total. The summed E-state index contributed by atoms with van der Waals surface area (Å²) < 4.78 is 5.54. The van der Waals surface area contributed by atoms with Gasteiger partial charge in [-0.1, -0.05) is 62.4 Å². The van der Waals surface area contributed by atoms with Crippen LogP contribution in [0.2, 0.25) is 0 Å². The lowest BCUT2D eigenvalue weighted by atomic mass is 10.0. The van der Waals surface area contributed by atoms with Crippen LogP contribution in [0.5, 0.6) is 0 Å². The molecule has 1 unspecified atom stereocenters. The van der Waals surface area contributed by atoms with Crippen LogP contribution in [-0.4, -0.2) is 36.7 Å². The molecule has 0 spiro atoms. The van der Waals surface area contributed by atoms with Crippen LogP contribution in [-0.2, 0) is 4.74 Å². The van der Waals surface area contributed by atoms with Crippen molar-refractivity contribution in [1.29, 1.82) is 0 Å². The summed E-state index contributed by atoms with van der Waals surface area (Å²) in [4.78, 5) is 14.8. The second-order valence-electron chi connectivity index (χ2n) is 7.32. The highest BCUT2D eigenvalue weighted by atomic mass is 16.5. The number of amides is 1. The van der Waals surface area contributed by atoms with E-state index in [1.165, 1.54) is 6.42 Å². The number of para-hydroxylation sites is 1. The van der Waals surface area contributed by atoms with Crippen LogP contribution in [0.4, 0.5) is 10.5 Å². The van der Waals surface area contributed by atoms with Crippen LogP contribution in [0.1, 0.15) is 26.7 Å². The van der Waals surface area contributed by atoms with E-state index in [-0.39, 0.29) is 6.09 Å². The lowest BCUT2D eigenvalue weighted by Gasteiger charge is -2.25. The molecule has 0 bridgehead atoms. The molecule has 26 heavy (non-hydrogen) atoms. The van der Waals surface area contributed by atoms with Gasteiger partial charge in [0.1, 0.15) is 6.61 Å². The van der Waals surface area contributed by atoms with Gasteiger partial charge in [0.15, 0.2) is 0 Å². The number of hydrogen-bond donors (Lipinski definition) is 1. The highest BCUT2D eigenvalue weighted by Crippen LogP contribution is 2.27. The minimum Gasteiger partial charge on any atom is -0.448 e. The molecule has 1 saturated heterocycles. The zero-order valence-electron chi connectivity index (χ0n) is 15.7. The van der Waals surface area contributed by atoms with E-state index in [0.717, 1.165) is 36.3 Å². The molecule has 0 saturated carbocycles. The summed E-state index contributed by atoms with van der Waals surface area (Å²) in [5.41, 5.74) is 2.84. The molecule has 1 heterocycles. The standard InChI is InChI=1S/C22H28N2O2/c1-17(2)15-24-14-8-11-19(24)16-26-22(25)23-21-13-7-6-12-20(21)18-9-4-3-5-10-18/h3-7,9-10,12-13,17,19H,8,11,14-16H2,1-2H3,(H,23,25). The summed E-state index contributed by atoms with van der Waals surface area (Å²) in [5, 5.41) is 2.91. The Labute approximate surface area is 156 Å². The van der Waals surface area contributed by atoms with Crippen molar-refractivity contribution in [2.24, 2.45) is 5.92 Å². The predicted octanol–water partition coefficient (Wildman–Crippen LogP) is 5.02. The first-order valence-corrected chi connectivity index (χ1v) is 9.46. The molecule has 2 aromatic rings. The lowest BCUT2D eigenvalue weighted by molar-refractivity contribution is 0.112. The van der Waals surface area contributed by atoms with E-state index in [1.54, 1.807) is 0 Å². The van der Waals surface area contributed by atoms with E-state index >= 15 is 0 Å². The number of nitrogens with one attached hydrogen (secondary N) is 1. The quantitative estimate of drug-likeness (QED) is 0.793. The third-order valence-electron chi connectivity index (χ3n) is 4.75. The number of benzene rings is 2. The molecule has 0 radical (unpaired) electrons. The molecular weight excluding hydrogens is 324 g/mol. The molecule has 1 atom stereocenters. The van der Waals surface area contributed by atoms with E-state index in [2.05, 4.69) is 24.1 Å². The number of carbonyl (C=O) groups is 1. The van der Waals surface area contributed by atoms with Gasteiger partial charge in [0.05, 0.1) is 5.69 Å². The zero-order chi connectivity index (χ0) is 18.4. The summed E-state index contributed by atoms with van der Waals surface area (Å²) >= 11 is 0. The second kappa shape index (κ2) is 8.86. The van der Waals surface area contributed by atoms with Crippen molar-refractivity contribution in [2.45, 2.75) is 32.7 Å². The van der Waals surface area contributed by atoms with Crippen LogP contribution in [0.25, 0.3) is 11.1 Å². The third kappa shape index (κ3) is 4.85. The van der Waals surface area contributed by atoms with Crippen LogP contribution in [0.15, 0.2) is 54.6 Å². The number of ether oxygens (including phenoxy) is 1. The fourth-order valence-corrected chi connectivity index (χ4v) is 3.57. The summed E-state index contributed by atoms with van der Waals surface area (Å²) in [5.74, 6) is 0.627. The summed E-state index contributed by atoms with van der Waals surface area (Å²) in [6.07, 6.45) is 1.89. The van der Waals surface area contributed by atoms with Crippen molar-refractivity contribution in [1.82, 2.24) is 4.90 Å². The van der Waals surface area contributed by atoms with Crippen molar-refractivity contribution < 1.29 is 9.53 Å². The van der Waals surface area contributed by atoms with Crippen LogP contribution in [0.3, 0.4) is 0 Å². The first kappa shape index (κ1) is 18.5. The molecule has 4 heteroatoms. The molecular formula is C22H28N2O2. The Morgan fingerprint density at radius 2 is 1.88 bits per heavy atom. The molecule has 138 valence electrons. The van der Waals surface area contributed by atoms with Gasteiger partial charge in [-0.2, -0.15) is 0 Å². The minimum atomic E-state index is -0.384. The first-order chi connectivity index (χ1) is 12.6. The molecule has 1 amide bonds. The third-order valence-corrected chi connectivity index (χ3v) is 4.75. The van der Waals surface area contributed by atoms with Gasteiger partial charge in [-0.3, -0.25) is 10.2 Å². The molecule has 0 aliphatic carbocycles. The minimum absolute atomic E-state index is 0.340. The maximum absolute atomic E-state index is 12.3. The molecule has 0 aromatic heterocycles. The molecule has 1 fully saturated rings. The molecule has 1 N–H and O–H groups in total. The SMILES string of the molecule is CC(C)CN1CCCC1COC(=O)Nc1ccccc1-c1ccccc1. The van der Waals surface area contributed by atoms with Crippen molar-refractivity contribution in [3.63, 3.8) is 0 Å². The normalized spacial score (nSPS) is 17.4. The van der Waals surface area contributed by atoms with Crippen molar-refractivity contribution >= 4 is 11.8 Å². The van der Waals surface area contributed by atoms with Gasteiger partial charge in [0.25, 0.3) is 0 Å². The highest BCUT2D eigenvalue weighted by Gasteiger charge is 2.26. The first-order valence-electron chi connectivity index (χ1n) is 9.46. The highest BCUT2D eigenvalue weighted by molar-refractivity contribution is 5.91. The van der Waals surface area contributed by atoms with Crippen LogP contribution in [0, 0.1) is 5.92 Å². The topological polar surface area (TPSA) is 41.6 Å². The summed E-state index contributed by atoms with van der Waals surface area (Å²) in [7, 11) is 0. The number of rotatable bonds is 6. The Kier molecular flexibility index (Phi) is 6.29. The largest absolute Gasteiger partial charge is 0.448 e. The number of hydrogen-bond acceptors (Lipinski definition) is 3. The Bertz CT molecular complexity index is 715. The molecule has 1 aliphatic rings. The maximum atomic E-state index is 12.3. The predicted molar refractivity (Wildman–Crippen MR) is 106 cm³/mol. The van der Waals surface area contributed by atoms with Crippen LogP contribution < -0.4 is 5.32 Å². The maximum Gasteiger partial charge on any atom is 0.411 e. The average Bonchev–Trinajstić information content (AvgIpc) is 3.07. The second-order valence-corrected chi connectivity index (χ2v) is 7.32. The van der Waals surface area contributed by atoms with Crippen molar-refractivity contribution in [2.75, 3.05) is 25.0 Å². The Morgan fingerprint density at radius 1 is 1.15 bits per heavy atom. The Balaban J connectivity index is 1.59. The Hall–Kier alpha value is -2.33. The van der Waals surface area contributed by atoms with E-state index < -0.39 is 0 Å². The zero-order valence-corrected chi connectivity index (χ0v) is 15.7. The van der Waals surface area contributed by atoms with Gasteiger partial charge in [-0.05, 0) is 36.9 Å². The van der Waals surface area contributed by atoms with Crippen molar-refractivity contribution in [3.8, 4) is 11.1 Å². The van der Waals surface area contributed by atoms with Gasteiger partial charge in [-0.25, -0.2) is 4.79 Å². The van der Waals surface area contributed by atoms with Crippen molar-refractivity contribution in [3.05, 3.63) is 54.6 Å². The van der Waals surface area contributed by atoms with Gasteiger partial charge in [-0.15, -0.1) is 0 Å². The summed E-state index contributed by atoms with van der Waals surface area (Å²) in [6.45, 7) is 7.07. The number of carbonyl (C=O) groups excluding carboxylic acids is 1.